The van der Waals surface area contributed by atoms with Gasteiger partial charge in [0.1, 0.15) is 0 Å². The Morgan fingerprint density at radius 2 is 1.14 bits per heavy atom. The van der Waals surface area contributed by atoms with E-state index in [0.717, 1.165) is 0 Å². The molecule has 0 aliphatic rings. The van der Waals surface area contributed by atoms with Crippen molar-refractivity contribution in [1.29, 1.82) is 0 Å². The van der Waals surface area contributed by atoms with Gasteiger partial charge < -0.3 is 0 Å². The maximum absolute atomic E-state index is 8.74. The lowest BCUT2D eigenvalue weighted by Crippen LogP contribution is -2.12. The second-order valence-electron chi connectivity index (χ2n) is 5.68. The van der Waals surface area contributed by atoms with Gasteiger partial charge in [-0.05, 0) is 23.1 Å². The quantitative estimate of drug-likeness (QED) is 0.590. The predicted molar refractivity (Wildman–Crippen MR) is 93.8 cm³/mol. The summed E-state index contributed by atoms with van der Waals surface area (Å²) in [6.45, 7) is 5.11. The Morgan fingerprint density at radius 3 is 1.50 bits per heavy atom. The molecule has 0 spiro atoms. The van der Waals surface area contributed by atoms with Crippen LogP contribution in [0, 0.1) is 0 Å². The maximum atomic E-state index is 8.74. The van der Waals surface area contributed by atoms with Crippen LogP contribution >= 0.6 is 0 Å². The van der Waals surface area contributed by atoms with Crippen molar-refractivity contribution in [1.82, 2.24) is 4.98 Å². The van der Waals surface area contributed by atoms with E-state index in [9.17, 15) is 0 Å². The van der Waals surface area contributed by atoms with E-state index in [4.69, 9.17) is 16.4 Å². The van der Waals surface area contributed by atoms with Crippen molar-refractivity contribution in [2.45, 2.75) is 26.2 Å². The summed E-state index contributed by atoms with van der Waals surface area (Å²) in [7, 11) is 0. The molecule has 22 heavy (non-hydrogen) atoms. The van der Waals surface area contributed by atoms with Gasteiger partial charge >= 0.3 is 0 Å². The Hall–Kier alpha value is -2.41. The summed E-state index contributed by atoms with van der Waals surface area (Å²) in [6.07, 6.45) is 0. The van der Waals surface area contributed by atoms with Gasteiger partial charge in [-0.25, -0.2) is 4.98 Å². The average molecular weight is 299 g/mol. The van der Waals surface area contributed by atoms with E-state index in [1.807, 2.05) is 0 Å². The summed E-state index contributed by atoms with van der Waals surface area (Å²) in [4.78, 5) is 4.24. The number of benzene rings is 2. The molecule has 110 valence electrons. The standard InChI is InChI=1S/C21H21N/c1-21(2,3)18-14-19(16-10-6-4-7-11-16)22-20(15-18)17-12-8-5-9-13-17/h4-15H,1-3H3/i4D,5D,6D,7D,8D,9D,10D,11D,12D,13D,14D,15D. The second kappa shape index (κ2) is 5.76. The lowest BCUT2D eigenvalue weighted by molar-refractivity contribution is 0.590. The molecular weight excluding hydrogens is 266 g/mol. The number of hydrogen-bond acceptors (Lipinski definition) is 1. The van der Waals surface area contributed by atoms with Crippen molar-refractivity contribution in [3.8, 4) is 22.5 Å². The fourth-order valence-corrected chi connectivity index (χ4v) is 1.78. The summed E-state index contributed by atoms with van der Waals surface area (Å²) >= 11 is 0. The average Bonchev–Trinajstić information content (AvgIpc) is 2.75. The van der Waals surface area contributed by atoms with Crippen LogP contribution in [0.2, 0.25) is 0 Å². The highest BCUT2D eigenvalue weighted by molar-refractivity contribution is 5.67. The Labute approximate surface area is 149 Å². The van der Waals surface area contributed by atoms with Gasteiger partial charge in [0.2, 0.25) is 0 Å². The number of nitrogens with zero attached hydrogens (tertiary/aromatic N) is 1. The van der Waals surface area contributed by atoms with Gasteiger partial charge in [-0.3, -0.25) is 0 Å². The Balaban J connectivity index is 2.62. The van der Waals surface area contributed by atoms with E-state index in [1.54, 1.807) is 20.8 Å². The molecule has 0 saturated carbocycles. The monoisotopic (exact) mass is 299 g/mol. The summed E-state index contributed by atoms with van der Waals surface area (Å²) in [6, 6.07) is -6.85. The first-order valence-corrected chi connectivity index (χ1v) is 6.70. The predicted octanol–water partition coefficient (Wildman–Crippen LogP) is 5.71. The molecule has 1 heteroatoms. The van der Waals surface area contributed by atoms with E-state index in [1.165, 1.54) is 0 Å². The Morgan fingerprint density at radius 1 is 0.727 bits per heavy atom. The van der Waals surface area contributed by atoms with Gasteiger partial charge in [0, 0.05) is 11.1 Å². The van der Waals surface area contributed by atoms with Gasteiger partial charge in [-0.2, -0.15) is 0 Å². The van der Waals surface area contributed by atoms with Gasteiger partial charge in [-0.1, -0.05) is 81.2 Å². The largest absolute Gasteiger partial charge is 0.248 e. The molecule has 0 bridgehead atoms. The zero-order chi connectivity index (χ0) is 26.0. The van der Waals surface area contributed by atoms with Gasteiger partial charge in [0.15, 0.2) is 0 Å². The molecule has 3 aromatic rings. The van der Waals surface area contributed by atoms with Crippen molar-refractivity contribution in [2.75, 3.05) is 0 Å². The first kappa shape index (κ1) is 6.00. The van der Waals surface area contributed by atoms with Crippen LogP contribution in [-0.4, -0.2) is 4.98 Å². The minimum atomic E-state index is -0.860. The first-order chi connectivity index (χ1) is 15.5. The maximum Gasteiger partial charge on any atom is 0.0712 e. The van der Waals surface area contributed by atoms with Crippen LogP contribution in [0.4, 0.5) is 0 Å². The van der Waals surface area contributed by atoms with E-state index >= 15 is 0 Å². The summed E-state index contributed by atoms with van der Waals surface area (Å²) < 4.78 is 98.2. The second-order valence-corrected chi connectivity index (χ2v) is 5.68. The van der Waals surface area contributed by atoms with Crippen LogP contribution in [0.25, 0.3) is 22.5 Å². The molecule has 0 aliphatic heterocycles. The van der Waals surface area contributed by atoms with Crippen LogP contribution in [0.3, 0.4) is 0 Å². The van der Waals surface area contributed by atoms with E-state index in [-0.39, 0.29) is 40.2 Å². The van der Waals surface area contributed by atoms with Crippen LogP contribution < -0.4 is 0 Å². The molecule has 1 nitrogen and oxygen atoms in total. The van der Waals surface area contributed by atoms with Crippen LogP contribution in [0.5, 0.6) is 0 Å². The third-order valence-electron chi connectivity index (χ3n) is 2.93. The van der Waals surface area contributed by atoms with Crippen molar-refractivity contribution in [2.24, 2.45) is 0 Å². The van der Waals surface area contributed by atoms with Crippen molar-refractivity contribution in [3.63, 3.8) is 0 Å². The van der Waals surface area contributed by atoms with Gasteiger partial charge in [0.25, 0.3) is 0 Å². The molecule has 0 atom stereocenters. The first-order valence-electron chi connectivity index (χ1n) is 12.7. The molecule has 0 N–H and O–H groups in total. The molecule has 0 radical (unpaired) electrons. The molecular formula is C21H21N. The van der Waals surface area contributed by atoms with Crippen LogP contribution in [0.15, 0.2) is 72.5 Å². The van der Waals surface area contributed by atoms with Crippen molar-refractivity contribution >= 4 is 0 Å². The summed E-state index contributed by atoms with van der Waals surface area (Å²) in [5.41, 5.74) is -2.17. The normalized spacial score (nSPS) is 19.0. The van der Waals surface area contributed by atoms with Crippen LogP contribution in [-0.2, 0) is 5.41 Å². The zero-order valence-electron chi connectivity index (χ0n) is 24.4. The minimum absolute atomic E-state index is 0.0890. The highest BCUT2D eigenvalue weighted by atomic mass is 14.7. The number of aromatic nitrogens is 1. The minimum Gasteiger partial charge on any atom is -0.248 e. The van der Waals surface area contributed by atoms with Crippen LogP contribution in [0.1, 0.15) is 42.8 Å². The summed E-state index contributed by atoms with van der Waals surface area (Å²) in [5, 5.41) is 0. The van der Waals surface area contributed by atoms with Gasteiger partial charge in [-0.15, -0.1) is 0 Å². The fourth-order valence-electron chi connectivity index (χ4n) is 1.78. The topological polar surface area (TPSA) is 12.9 Å². The van der Waals surface area contributed by atoms with Crippen molar-refractivity contribution < 1.29 is 16.4 Å². The Kier molecular flexibility index (Phi) is 1.57. The highest BCUT2D eigenvalue weighted by Gasteiger charge is 2.17. The van der Waals surface area contributed by atoms with E-state index in [2.05, 4.69) is 4.98 Å². The summed E-state index contributed by atoms with van der Waals surface area (Å²) in [5.74, 6) is 0. The molecule has 0 amide bonds. The molecule has 2 aromatic carbocycles. The van der Waals surface area contributed by atoms with Gasteiger partial charge in [0.05, 0.1) is 27.8 Å². The van der Waals surface area contributed by atoms with E-state index < -0.39 is 65.8 Å². The van der Waals surface area contributed by atoms with Crippen molar-refractivity contribution in [3.05, 3.63) is 78.1 Å². The third-order valence-corrected chi connectivity index (χ3v) is 2.93. The Bertz CT molecular complexity index is 1210. The molecule has 0 saturated heterocycles. The molecule has 0 unspecified atom stereocenters. The number of rotatable bonds is 2. The molecule has 3 rings (SSSR count). The number of pyridine rings is 1. The molecule has 1 heterocycles. The smallest absolute Gasteiger partial charge is 0.0712 e. The van der Waals surface area contributed by atoms with E-state index in [0.29, 0.717) is 0 Å². The fraction of sp³-hybridized carbons (Fsp3) is 0.190. The lowest BCUT2D eigenvalue weighted by Gasteiger charge is -2.21. The molecule has 0 aliphatic carbocycles. The SMILES string of the molecule is [2H]c1c([2H])c([2H])c(-c2nc(-c3c([2H])c([2H])c([2H])c([2H])c3[2H])c([2H])c(C(C)(C)C)c2[2H])c([2H])c1[2H]. The molecule has 0 fully saturated rings. The molecule has 1 aromatic heterocycles. The number of hydrogen-bond donors (Lipinski definition) is 0. The lowest BCUT2D eigenvalue weighted by atomic mass is 9.85. The third kappa shape index (κ3) is 3.09. The highest BCUT2D eigenvalue weighted by Crippen LogP contribution is 2.30. The zero-order valence-corrected chi connectivity index (χ0v) is 12.4.